The Morgan fingerprint density at radius 1 is 1.41 bits per heavy atom. The van der Waals surface area contributed by atoms with Crippen molar-refractivity contribution in [1.29, 1.82) is 0 Å². The van der Waals surface area contributed by atoms with Crippen LogP contribution in [0.1, 0.15) is 45.7 Å². The average molecular weight is 308 g/mol. The van der Waals surface area contributed by atoms with E-state index < -0.39 is 0 Å². The second-order valence-corrected chi connectivity index (χ2v) is 6.05. The van der Waals surface area contributed by atoms with Crippen LogP contribution in [-0.4, -0.2) is 46.5 Å². The normalized spacial score (nSPS) is 13.5. The fraction of sp³-hybridized carbons (Fsp3) is 0.688. The summed E-state index contributed by atoms with van der Waals surface area (Å²) in [4.78, 5) is 25.5. The molecule has 0 aliphatic carbocycles. The number of aromatic amines is 1. The number of nitrogens with zero attached hydrogens (tertiary/aromatic N) is 2. The van der Waals surface area contributed by atoms with E-state index in [-0.39, 0.29) is 17.9 Å². The van der Waals surface area contributed by atoms with Crippen molar-refractivity contribution in [2.75, 3.05) is 13.6 Å². The summed E-state index contributed by atoms with van der Waals surface area (Å²) >= 11 is 0. The molecule has 0 radical (unpaired) electrons. The van der Waals surface area contributed by atoms with Crippen LogP contribution in [0.3, 0.4) is 0 Å². The van der Waals surface area contributed by atoms with Gasteiger partial charge < -0.3 is 10.2 Å². The van der Waals surface area contributed by atoms with Gasteiger partial charge in [0.1, 0.15) is 0 Å². The Bertz CT molecular complexity index is 459. The lowest BCUT2D eigenvalue weighted by Crippen LogP contribution is -2.43. The third kappa shape index (κ3) is 6.74. The van der Waals surface area contributed by atoms with Crippen LogP contribution in [-0.2, 0) is 16.0 Å². The number of likely N-dealkylation sites (N-methyl/N-ethyl adjacent to an activating group) is 1. The van der Waals surface area contributed by atoms with Crippen LogP contribution in [0.4, 0.5) is 0 Å². The molecule has 0 saturated carbocycles. The second kappa shape index (κ2) is 9.23. The number of amides is 2. The molecule has 124 valence electrons. The molecular weight excluding hydrogens is 280 g/mol. The topological polar surface area (TPSA) is 78.1 Å². The SMILES string of the molecule is CCC(C)CCC(=O)NC(C)CN(C)C(=O)Cc1ccn[nH]1. The number of H-pyrrole nitrogens is 1. The Kier molecular flexibility index (Phi) is 7.63. The Morgan fingerprint density at radius 2 is 2.14 bits per heavy atom. The molecular formula is C16H28N4O2. The predicted molar refractivity (Wildman–Crippen MR) is 86.2 cm³/mol. The van der Waals surface area contributed by atoms with Crippen LogP contribution in [0, 0.1) is 5.92 Å². The first-order chi connectivity index (χ1) is 10.4. The van der Waals surface area contributed by atoms with E-state index >= 15 is 0 Å². The van der Waals surface area contributed by atoms with E-state index in [0.717, 1.165) is 18.5 Å². The number of nitrogens with one attached hydrogen (secondary N) is 2. The van der Waals surface area contributed by atoms with Crippen molar-refractivity contribution in [3.63, 3.8) is 0 Å². The van der Waals surface area contributed by atoms with E-state index in [9.17, 15) is 9.59 Å². The van der Waals surface area contributed by atoms with Crippen LogP contribution in [0.15, 0.2) is 12.3 Å². The molecule has 0 aliphatic heterocycles. The standard InChI is InChI=1S/C16H28N4O2/c1-5-12(2)6-7-15(21)18-13(3)11-20(4)16(22)10-14-8-9-17-19-14/h8-9,12-13H,5-7,10-11H2,1-4H3,(H,17,19)(H,18,21). The fourth-order valence-electron chi connectivity index (χ4n) is 2.17. The number of hydrogen-bond acceptors (Lipinski definition) is 3. The zero-order valence-electron chi connectivity index (χ0n) is 14.1. The molecule has 1 aromatic heterocycles. The minimum atomic E-state index is -0.0554. The summed E-state index contributed by atoms with van der Waals surface area (Å²) in [6.45, 7) is 6.70. The molecule has 2 unspecified atom stereocenters. The van der Waals surface area contributed by atoms with Gasteiger partial charge in [0.05, 0.1) is 6.42 Å². The lowest BCUT2D eigenvalue weighted by atomic mass is 10.0. The number of carbonyl (C=O) groups excluding carboxylic acids is 2. The van der Waals surface area contributed by atoms with Crippen LogP contribution in [0.25, 0.3) is 0 Å². The van der Waals surface area contributed by atoms with E-state index in [1.165, 1.54) is 0 Å². The first-order valence-corrected chi connectivity index (χ1v) is 7.93. The molecule has 0 bridgehead atoms. The van der Waals surface area contributed by atoms with Gasteiger partial charge in [-0.15, -0.1) is 0 Å². The van der Waals surface area contributed by atoms with Gasteiger partial charge in [0, 0.05) is 37.9 Å². The number of rotatable bonds is 9. The molecule has 6 heteroatoms. The lowest BCUT2D eigenvalue weighted by Gasteiger charge is -2.22. The first-order valence-electron chi connectivity index (χ1n) is 7.93. The highest BCUT2D eigenvalue weighted by Gasteiger charge is 2.15. The Morgan fingerprint density at radius 3 is 2.73 bits per heavy atom. The Labute approximate surface area is 132 Å². The van der Waals surface area contributed by atoms with Crippen molar-refractivity contribution in [3.05, 3.63) is 18.0 Å². The number of carbonyl (C=O) groups is 2. The van der Waals surface area contributed by atoms with Gasteiger partial charge in [-0.3, -0.25) is 14.7 Å². The lowest BCUT2D eigenvalue weighted by molar-refractivity contribution is -0.130. The van der Waals surface area contributed by atoms with Gasteiger partial charge in [0.15, 0.2) is 0 Å². The second-order valence-electron chi connectivity index (χ2n) is 6.05. The monoisotopic (exact) mass is 308 g/mol. The highest BCUT2D eigenvalue weighted by atomic mass is 16.2. The fourth-order valence-corrected chi connectivity index (χ4v) is 2.17. The van der Waals surface area contributed by atoms with Crippen LogP contribution in [0.5, 0.6) is 0 Å². The Hall–Kier alpha value is -1.85. The molecule has 2 atom stereocenters. The van der Waals surface area contributed by atoms with Crippen molar-refractivity contribution in [2.45, 2.75) is 52.5 Å². The van der Waals surface area contributed by atoms with Crippen LogP contribution in [0.2, 0.25) is 0 Å². The maximum absolute atomic E-state index is 12.1. The van der Waals surface area contributed by atoms with Gasteiger partial charge in [-0.25, -0.2) is 0 Å². The maximum atomic E-state index is 12.1. The van der Waals surface area contributed by atoms with E-state index in [0.29, 0.717) is 25.3 Å². The average Bonchev–Trinajstić information content (AvgIpc) is 2.97. The van der Waals surface area contributed by atoms with Crippen LogP contribution < -0.4 is 5.32 Å². The van der Waals surface area contributed by atoms with Crippen molar-refractivity contribution < 1.29 is 9.59 Å². The molecule has 1 rings (SSSR count). The molecule has 0 aromatic carbocycles. The largest absolute Gasteiger partial charge is 0.352 e. The summed E-state index contributed by atoms with van der Waals surface area (Å²) in [6.07, 6.45) is 4.47. The quantitative estimate of drug-likeness (QED) is 0.729. The molecule has 0 aliphatic rings. The number of hydrogen-bond donors (Lipinski definition) is 2. The van der Waals surface area contributed by atoms with Gasteiger partial charge in [-0.1, -0.05) is 20.3 Å². The highest BCUT2D eigenvalue weighted by Crippen LogP contribution is 2.09. The molecule has 6 nitrogen and oxygen atoms in total. The van der Waals surface area contributed by atoms with E-state index in [2.05, 4.69) is 29.4 Å². The van der Waals surface area contributed by atoms with Gasteiger partial charge in [-0.2, -0.15) is 5.10 Å². The summed E-state index contributed by atoms with van der Waals surface area (Å²) in [6, 6.07) is 1.73. The van der Waals surface area contributed by atoms with E-state index in [1.807, 2.05) is 6.92 Å². The predicted octanol–water partition coefficient (Wildman–Crippen LogP) is 1.74. The van der Waals surface area contributed by atoms with Crippen molar-refractivity contribution in [1.82, 2.24) is 20.4 Å². The van der Waals surface area contributed by atoms with Crippen molar-refractivity contribution >= 4 is 11.8 Å². The summed E-state index contributed by atoms with van der Waals surface area (Å²) in [7, 11) is 1.75. The molecule has 2 amide bonds. The molecule has 1 heterocycles. The highest BCUT2D eigenvalue weighted by molar-refractivity contribution is 5.78. The van der Waals surface area contributed by atoms with Crippen molar-refractivity contribution in [3.8, 4) is 0 Å². The molecule has 0 saturated heterocycles. The maximum Gasteiger partial charge on any atom is 0.228 e. The summed E-state index contributed by atoms with van der Waals surface area (Å²) < 4.78 is 0. The smallest absolute Gasteiger partial charge is 0.228 e. The van der Waals surface area contributed by atoms with E-state index in [1.54, 1.807) is 24.2 Å². The third-order valence-electron chi connectivity index (χ3n) is 3.84. The molecule has 0 spiro atoms. The summed E-state index contributed by atoms with van der Waals surface area (Å²) in [5.74, 6) is 0.631. The molecule has 2 N–H and O–H groups in total. The first kappa shape index (κ1) is 18.2. The number of aromatic nitrogens is 2. The minimum absolute atomic E-state index is 0.00459. The van der Waals surface area contributed by atoms with Gasteiger partial charge in [0.2, 0.25) is 11.8 Å². The summed E-state index contributed by atoms with van der Waals surface area (Å²) in [5, 5.41) is 9.55. The molecule has 0 fully saturated rings. The molecule has 22 heavy (non-hydrogen) atoms. The van der Waals surface area contributed by atoms with Crippen molar-refractivity contribution in [2.24, 2.45) is 5.92 Å². The van der Waals surface area contributed by atoms with Gasteiger partial charge in [-0.05, 0) is 25.3 Å². The molecule has 1 aromatic rings. The van der Waals surface area contributed by atoms with E-state index in [4.69, 9.17) is 0 Å². The summed E-state index contributed by atoms with van der Waals surface area (Å²) in [5.41, 5.74) is 0.794. The van der Waals surface area contributed by atoms with Gasteiger partial charge >= 0.3 is 0 Å². The third-order valence-corrected chi connectivity index (χ3v) is 3.84. The minimum Gasteiger partial charge on any atom is -0.352 e. The zero-order valence-corrected chi connectivity index (χ0v) is 14.1. The van der Waals surface area contributed by atoms with Gasteiger partial charge in [0.25, 0.3) is 0 Å². The Balaban J connectivity index is 2.29. The zero-order chi connectivity index (χ0) is 16.5. The van der Waals surface area contributed by atoms with Crippen LogP contribution >= 0.6 is 0 Å².